The summed E-state index contributed by atoms with van der Waals surface area (Å²) in [6.45, 7) is 11.7. The molecule has 130 valence electrons. The van der Waals surface area contributed by atoms with Crippen LogP contribution in [0.2, 0.25) is 0 Å². The first-order chi connectivity index (χ1) is 10.8. The van der Waals surface area contributed by atoms with Gasteiger partial charge in [-0.05, 0) is 105 Å². The van der Waals surface area contributed by atoms with Crippen molar-refractivity contribution in [3.8, 4) is 0 Å². The molecule has 0 heterocycles. The fraction of sp³-hybridized carbons (Fsp3) is 0.909. The van der Waals surface area contributed by atoms with Gasteiger partial charge in [-0.2, -0.15) is 0 Å². The van der Waals surface area contributed by atoms with Crippen molar-refractivity contribution in [3.05, 3.63) is 12.2 Å². The Balaban J connectivity index is 1.60. The Hall–Kier alpha value is -0.300. The molecule has 0 bridgehead atoms. The lowest BCUT2D eigenvalue weighted by molar-refractivity contribution is -0.120. The van der Waals surface area contributed by atoms with E-state index in [0.29, 0.717) is 10.8 Å². The van der Waals surface area contributed by atoms with E-state index >= 15 is 0 Å². The monoisotopic (exact) mass is 316 g/mol. The molecule has 4 saturated carbocycles. The maximum Gasteiger partial charge on any atom is 0.0543 e. The maximum atomic E-state index is 10.1. The van der Waals surface area contributed by atoms with E-state index in [4.69, 9.17) is 0 Å². The molecule has 1 N–H and O–H groups in total. The summed E-state index contributed by atoms with van der Waals surface area (Å²) in [7, 11) is 0. The van der Waals surface area contributed by atoms with Crippen LogP contribution in [-0.4, -0.2) is 11.2 Å². The minimum absolute atomic E-state index is 0.0160. The smallest absolute Gasteiger partial charge is 0.0543 e. The Labute approximate surface area is 142 Å². The van der Waals surface area contributed by atoms with Crippen LogP contribution in [0.1, 0.15) is 78.6 Å². The van der Waals surface area contributed by atoms with Crippen molar-refractivity contribution in [3.63, 3.8) is 0 Å². The van der Waals surface area contributed by atoms with Crippen LogP contribution >= 0.6 is 0 Å². The summed E-state index contributed by atoms with van der Waals surface area (Å²) in [6.07, 6.45) is 11.9. The number of aliphatic hydroxyl groups is 1. The Bertz CT molecular complexity index is 496. The number of allylic oxidation sites excluding steroid dienone is 1. The average molecular weight is 317 g/mol. The summed E-state index contributed by atoms with van der Waals surface area (Å²) >= 11 is 0. The lowest BCUT2D eigenvalue weighted by Crippen LogP contribution is -2.53. The molecule has 0 amide bonds. The Morgan fingerprint density at radius 1 is 1.00 bits per heavy atom. The lowest BCUT2D eigenvalue weighted by Gasteiger charge is -2.60. The normalized spacial score (nSPS) is 55.7. The number of rotatable bonds is 1. The van der Waals surface area contributed by atoms with Crippen LogP contribution in [-0.2, 0) is 0 Å². The van der Waals surface area contributed by atoms with Gasteiger partial charge in [-0.1, -0.05) is 26.0 Å². The van der Waals surface area contributed by atoms with Gasteiger partial charge in [0.1, 0.15) is 0 Å². The third-order valence-electron chi connectivity index (χ3n) is 9.10. The van der Waals surface area contributed by atoms with E-state index in [2.05, 4.69) is 27.4 Å². The zero-order chi connectivity index (χ0) is 16.4. The molecule has 1 nitrogen and oxygen atoms in total. The molecule has 0 spiro atoms. The van der Waals surface area contributed by atoms with Crippen LogP contribution in [0.5, 0.6) is 0 Å². The third-order valence-corrected chi connectivity index (χ3v) is 9.10. The van der Waals surface area contributed by atoms with E-state index in [1.54, 1.807) is 0 Å². The maximum absolute atomic E-state index is 10.1. The van der Waals surface area contributed by atoms with Crippen molar-refractivity contribution in [1.82, 2.24) is 0 Å². The molecule has 0 saturated heterocycles. The van der Waals surface area contributed by atoms with Crippen LogP contribution < -0.4 is 0 Å². The second-order valence-electron chi connectivity index (χ2n) is 10.3. The number of fused-ring (bicyclic) bond motifs is 5. The molecule has 0 unspecified atom stereocenters. The van der Waals surface area contributed by atoms with Crippen LogP contribution in [0.15, 0.2) is 12.2 Å². The van der Waals surface area contributed by atoms with E-state index in [1.807, 2.05) is 0 Å². The fourth-order valence-corrected chi connectivity index (χ4v) is 7.67. The van der Waals surface area contributed by atoms with Gasteiger partial charge in [-0.25, -0.2) is 0 Å². The van der Waals surface area contributed by atoms with E-state index in [0.717, 1.165) is 42.4 Å². The summed E-state index contributed by atoms with van der Waals surface area (Å²) in [5.41, 5.74) is 2.53. The predicted molar refractivity (Wildman–Crippen MR) is 96.0 cm³/mol. The fourth-order valence-electron chi connectivity index (χ4n) is 7.67. The van der Waals surface area contributed by atoms with E-state index in [1.165, 1.54) is 50.5 Å². The number of hydrogen-bond acceptors (Lipinski definition) is 1. The highest BCUT2D eigenvalue weighted by Gasteiger charge is 2.59. The van der Waals surface area contributed by atoms with Crippen molar-refractivity contribution < 1.29 is 5.11 Å². The first kappa shape index (κ1) is 16.2. The van der Waals surface area contributed by atoms with E-state index < -0.39 is 0 Å². The molecule has 0 radical (unpaired) electrons. The Morgan fingerprint density at radius 3 is 2.52 bits per heavy atom. The molecule has 23 heavy (non-hydrogen) atoms. The minimum Gasteiger partial charge on any atom is -0.393 e. The van der Waals surface area contributed by atoms with Crippen LogP contribution in [0.3, 0.4) is 0 Å². The standard InChI is InChI=1S/C22H36O/c1-14(2)15-11-20-18-6-5-16-12-17(23)7-10-22(16,4)19(18)8-9-21(20,3)13-15/h15-20,23H,1,5-13H2,2-4H3/t15-,16-,17+,18+,19-,20-,21+,22-/m1/s1. The van der Waals surface area contributed by atoms with Gasteiger partial charge >= 0.3 is 0 Å². The zero-order valence-electron chi connectivity index (χ0n) is 15.5. The van der Waals surface area contributed by atoms with Crippen LogP contribution in [0, 0.1) is 40.4 Å². The summed E-state index contributed by atoms with van der Waals surface area (Å²) < 4.78 is 0. The van der Waals surface area contributed by atoms with Gasteiger partial charge < -0.3 is 5.11 Å². The molecule has 0 aromatic rings. The van der Waals surface area contributed by atoms with Gasteiger partial charge in [-0.3, -0.25) is 0 Å². The summed E-state index contributed by atoms with van der Waals surface area (Å²) in [5, 5.41) is 10.1. The van der Waals surface area contributed by atoms with Gasteiger partial charge in [0.05, 0.1) is 6.10 Å². The topological polar surface area (TPSA) is 20.2 Å². The quantitative estimate of drug-likeness (QED) is 0.626. The number of hydrogen-bond donors (Lipinski definition) is 1. The van der Waals surface area contributed by atoms with Gasteiger partial charge in [0.25, 0.3) is 0 Å². The molecule has 1 heteroatoms. The molecule has 0 aromatic carbocycles. The Kier molecular flexibility index (Phi) is 3.76. The average Bonchev–Trinajstić information content (AvgIpc) is 2.86. The van der Waals surface area contributed by atoms with Crippen molar-refractivity contribution >= 4 is 0 Å². The SMILES string of the molecule is C=C(C)[C@@H]1C[C@@H]2[C@H]3CC[C@@H]4C[C@@H](O)CC[C@@]4(C)[C@@H]3CC[C@@]2(C)C1. The van der Waals surface area contributed by atoms with Gasteiger partial charge in [0.2, 0.25) is 0 Å². The molecule has 4 fully saturated rings. The zero-order valence-corrected chi connectivity index (χ0v) is 15.5. The molecular formula is C22H36O. The van der Waals surface area contributed by atoms with Crippen LogP contribution in [0.4, 0.5) is 0 Å². The predicted octanol–water partition coefficient (Wildman–Crippen LogP) is 5.58. The summed E-state index contributed by atoms with van der Waals surface area (Å²) in [5.74, 6) is 4.38. The second-order valence-corrected chi connectivity index (χ2v) is 10.3. The van der Waals surface area contributed by atoms with E-state index in [-0.39, 0.29) is 6.10 Å². The molecule has 0 aromatic heterocycles. The second kappa shape index (κ2) is 5.35. The summed E-state index contributed by atoms with van der Waals surface area (Å²) in [4.78, 5) is 0. The highest BCUT2D eigenvalue weighted by atomic mass is 16.3. The van der Waals surface area contributed by atoms with Crippen molar-refractivity contribution in [2.75, 3.05) is 0 Å². The third kappa shape index (κ3) is 2.36. The van der Waals surface area contributed by atoms with Gasteiger partial charge in [0.15, 0.2) is 0 Å². The van der Waals surface area contributed by atoms with Crippen molar-refractivity contribution in [1.29, 1.82) is 0 Å². The summed E-state index contributed by atoms with van der Waals surface area (Å²) in [6, 6.07) is 0. The van der Waals surface area contributed by atoms with Crippen molar-refractivity contribution in [2.24, 2.45) is 40.4 Å². The van der Waals surface area contributed by atoms with Crippen molar-refractivity contribution in [2.45, 2.75) is 84.7 Å². The van der Waals surface area contributed by atoms with Gasteiger partial charge in [0, 0.05) is 0 Å². The first-order valence-electron chi connectivity index (χ1n) is 10.2. The molecule has 0 aliphatic heterocycles. The first-order valence-corrected chi connectivity index (χ1v) is 10.2. The van der Waals surface area contributed by atoms with Crippen LogP contribution in [0.25, 0.3) is 0 Å². The number of aliphatic hydroxyl groups excluding tert-OH is 1. The molecular weight excluding hydrogens is 280 g/mol. The van der Waals surface area contributed by atoms with E-state index in [9.17, 15) is 5.11 Å². The minimum atomic E-state index is -0.0160. The Morgan fingerprint density at radius 2 is 1.78 bits per heavy atom. The molecule has 8 atom stereocenters. The highest BCUT2D eigenvalue weighted by Crippen LogP contribution is 2.67. The molecule has 4 aliphatic carbocycles. The lowest BCUT2D eigenvalue weighted by atomic mass is 9.45. The molecule has 4 rings (SSSR count). The molecule has 4 aliphatic rings. The highest BCUT2D eigenvalue weighted by molar-refractivity contribution is 5.12. The van der Waals surface area contributed by atoms with Gasteiger partial charge in [-0.15, -0.1) is 0 Å². The largest absolute Gasteiger partial charge is 0.393 e.